The number of pyridine rings is 1. The molecular weight excluding hydrogens is 522 g/mol. The molecule has 202 valence electrons. The van der Waals surface area contributed by atoms with E-state index in [0.717, 1.165) is 0 Å². The van der Waals surface area contributed by atoms with Gasteiger partial charge in [-0.15, -0.1) is 0 Å². The van der Waals surface area contributed by atoms with Gasteiger partial charge in [-0.05, 0) is 42.6 Å². The summed E-state index contributed by atoms with van der Waals surface area (Å²) in [5, 5.41) is 21.4. The fourth-order valence-electron chi connectivity index (χ4n) is 4.45. The number of anilines is 1. The van der Waals surface area contributed by atoms with Crippen LogP contribution in [0.1, 0.15) is 15.9 Å². The van der Waals surface area contributed by atoms with Gasteiger partial charge in [-0.1, -0.05) is 36.4 Å². The van der Waals surface area contributed by atoms with Gasteiger partial charge in [0.15, 0.2) is 0 Å². The van der Waals surface area contributed by atoms with Crippen molar-refractivity contribution < 1.29 is 19.9 Å². The average molecular weight is 550 g/mol. The fourth-order valence-corrected chi connectivity index (χ4v) is 4.67. The van der Waals surface area contributed by atoms with Crippen LogP contribution < -0.4 is 10.6 Å². The van der Waals surface area contributed by atoms with Crippen molar-refractivity contribution in [1.29, 1.82) is 0 Å². The highest BCUT2D eigenvalue weighted by molar-refractivity contribution is 6.31. The summed E-state index contributed by atoms with van der Waals surface area (Å²) in [6, 6.07) is 12.1. The van der Waals surface area contributed by atoms with Crippen molar-refractivity contribution in [1.82, 2.24) is 14.4 Å². The van der Waals surface area contributed by atoms with Gasteiger partial charge in [-0.25, -0.2) is 9.79 Å². The number of aromatic hydroxyl groups is 1. The minimum Gasteiger partial charge on any atom is -0.506 e. The SMILES string of the molecule is C=Cc1cc(Cl)cc(O)c1N(O)C(=O)c1ccc(-c2cccn(CCN3CCN(C(=O)N=C)CC3)c2=O)cc1. The van der Waals surface area contributed by atoms with Crippen LogP contribution in [0.15, 0.2) is 71.1 Å². The molecule has 1 aliphatic rings. The van der Waals surface area contributed by atoms with Crippen LogP contribution in [-0.2, 0) is 6.54 Å². The van der Waals surface area contributed by atoms with E-state index in [1.807, 2.05) is 0 Å². The molecule has 0 bridgehead atoms. The molecule has 2 N–H and O–H groups in total. The third-order valence-corrected chi connectivity index (χ3v) is 6.82. The van der Waals surface area contributed by atoms with E-state index in [9.17, 15) is 24.7 Å². The second kappa shape index (κ2) is 12.1. The molecule has 0 aliphatic carbocycles. The molecule has 3 aromatic rings. The lowest BCUT2D eigenvalue weighted by atomic mass is 10.0. The van der Waals surface area contributed by atoms with Crippen LogP contribution in [-0.4, -0.2) is 76.1 Å². The number of rotatable bonds is 7. The monoisotopic (exact) mass is 549 g/mol. The fraction of sp³-hybridized carbons (Fsp3) is 0.214. The summed E-state index contributed by atoms with van der Waals surface area (Å²) in [6.45, 7) is 10.5. The average Bonchev–Trinajstić information content (AvgIpc) is 2.95. The number of benzene rings is 2. The number of piperazine rings is 1. The zero-order chi connectivity index (χ0) is 28.1. The molecule has 1 aliphatic heterocycles. The van der Waals surface area contributed by atoms with E-state index in [-0.39, 0.29) is 39.2 Å². The third kappa shape index (κ3) is 6.09. The Hall–Kier alpha value is -4.25. The van der Waals surface area contributed by atoms with Gasteiger partial charge in [0, 0.05) is 73.2 Å². The Balaban J connectivity index is 1.46. The molecule has 1 aromatic heterocycles. The molecule has 0 radical (unpaired) electrons. The van der Waals surface area contributed by atoms with E-state index >= 15 is 0 Å². The number of carbonyl (C=O) groups is 2. The second-order valence-corrected chi connectivity index (χ2v) is 9.39. The lowest BCUT2D eigenvalue weighted by molar-refractivity contribution is 0.0852. The normalized spacial score (nSPS) is 13.6. The van der Waals surface area contributed by atoms with Crippen molar-refractivity contribution in [2.24, 2.45) is 4.99 Å². The number of aliphatic imine (C=N–C) groups is 1. The largest absolute Gasteiger partial charge is 0.506 e. The van der Waals surface area contributed by atoms with Gasteiger partial charge in [0.1, 0.15) is 11.4 Å². The lowest BCUT2D eigenvalue weighted by Crippen LogP contribution is -2.48. The molecule has 0 spiro atoms. The molecule has 39 heavy (non-hydrogen) atoms. The number of phenols is 1. The van der Waals surface area contributed by atoms with E-state index < -0.39 is 5.91 Å². The van der Waals surface area contributed by atoms with Crippen molar-refractivity contribution >= 4 is 42.0 Å². The number of amides is 3. The Kier molecular flexibility index (Phi) is 8.60. The van der Waals surface area contributed by atoms with Crippen LogP contribution in [0.4, 0.5) is 10.5 Å². The number of carbonyl (C=O) groups excluding carboxylic acids is 2. The zero-order valence-electron chi connectivity index (χ0n) is 21.2. The van der Waals surface area contributed by atoms with Crippen molar-refractivity contribution in [3.05, 3.63) is 87.8 Å². The maximum absolute atomic E-state index is 13.2. The number of phenolic OH excluding ortho intramolecular Hbond substituents is 1. The van der Waals surface area contributed by atoms with Crippen molar-refractivity contribution in [2.45, 2.75) is 6.54 Å². The smallest absolute Gasteiger partial charge is 0.342 e. The highest BCUT2D eigenvalue weighted by atomic mass is 35.5. The summed E-state index contributed by atoms with van der Waals surface area (Å²) < 4.78 is 1.63. The van der Waals surface area contributed by atoms with Gasteiger partial charge in [0.2, 0.25) is 0 Å². The summed E-state index contributed by atoms with van der Waals surface area (Å²) in [6.07, 6.45) is 3.09. The summed E-state index contributed by atoms with van der Waals surface area (Å²) in [4.78, 5) is 45.1. The molecular formula is C28H28ClN5O5. The molecule has 4 rings (SSSR count). The minimum absolute atomic E-state index is 0.139. The summed E-state index contributed by atoms with van der Waals surface area (Å²) in [5.41, 5.74) is 1.19. The number of urea groups is 1. The van der Waals surface area contributed by atoms with Crippen LogP contribution >= 0.6 is 11.6 Å². The first-order chi connectivity index (χ1) is 18.7. The van der Waals surface area contributed by atoms with E-state index in [1.54, 1.807) is 39.9 Å². The molecule has 3 amide bonds. The quantitative estimate of drug-likeness (QED) is 0.261. The first-order valence-corrected chi connectivity index (χ1v) is 12.6. The Bertz CT molecular complexity index is 1460. The number of nitrogens with zero attached hydrogens (tertiary/aromatic N) is 5. The Morgan fingerprint density at radius 3 is 2.41 bits per heavy atom. The van der Waals surface area contributed by atoms with Crippen LogP contribution in [0, 0.1) is 0 Å². The first-order valence-electron chi connectivity index (χ1n) is 12.2. The van der Waals surface area contributed by atoms with Crippen LogP contribution in [0.25, 0.3) is 17.2 Å². The number of aromatic nitrogens is 1. The topological polar surface area (TPSA) is 119 Å². The van der Waals surface area contributed by atoms with Crippen LogP contribution in [0.2, 0.25) is 5.02 Å². The Morgan fingerprint density at radius 1 is 1.08 bits per heavy atom. The van der Waals surface area contributed by atoms with Gasteiger partial charge in [-0.2, -0.15) is 5.06 Å². The van der Waals surface area contributed by atoms with Gasteiger partial charge in [0.05, 0.1) is 0 Å². The number of hydroxylamine groups is 1. The summed E-state index contributed by atoms with van der Waals surface area (Å²) in [7, 11) is 0. The van der Waals surface area contributed by atoms with E-state index in [2.05, 4.69) is 23.2 Å². The molecule has 1 saturated heterocycles. The second-order valence-electron chi connectivity index (χ2n) is 8.95. The van der Waals surface area contributed by atoms with Crippen LogP contribution in [0.5, 0.6) is 5.75 Å². The van der Waals surface area contributed by atoms with Crippen molar-refractivity contribution in [3.63, 3.8) is 0 Å². The van der Waals surface area contributed by atoms with Crippen molar-refractivity contribution in [3.8, 4) is 16.9 Å². The Morgan fingerprint density at radius 2 is 1.77 bits per heavy atom. The highest BCUT2D eigenvalue weighted by Gasteiger charge is 2.23. The molecule has 1 fully saturated rings. The van der Waals surface area contributed by atoms with Gasteiger partial charge < -0.3 is 14.6 Å². The molecule has 10 nitrogen and oxygen atoms in total. The Labute approximate surface area is 230 Å². The molecule has 11 heteroatoms. The van der Waals surface area contributed by atoms with Gasteiger partial charge in [-0.3, -0.25) is 19.7 Å². The lowest BCUT2D eigenvalue weighted by Gasteiger charge is -2.33. The highest BCUT2D eigenvalue weighted by Crippen LogP contribution is 2.35. The van der Waals surface area contributed by atoms with Crippen molar-refractivity contribution in [2.75, 3.05) is 37.8 Å². The predicted molar refractivity (Wildman–Crippen MR) is 151 cm³/mol. The van der Waals surface area contributed by atoms with Gasteiger partial charge in [0.25, 0.3) is 11.5 Å². The summed E-state index contributed by atoms with van der Waals surface area (Å²) in [5.74, 6) is -1.16. The maximum Gasteiger partial charge on any atom is 0.342 e. The zero-order valence-corrected chi connectivity index (χ0v) is 21.9. The predicted octanol–water partition coefficient (Wildman–Crippen LogP) is 3.99. The third-order valence-electron chi connectivity index (χ3n) is 6.61. The first kappa shape index (κ1) is 27.8. The number of hydrogen-bond donors (Lipinski definition) is 2. The molecule has 0 saturated carbocycles. The van der Waals surface area contributed by atoms with E-state index in [0.29, 0.717) is 55.5 Å². The molecule has 2 heterocycles. The molecule has 0 unspecified atom stereocenters. The number of hydrogen-bond acceptors (Lipinski definition) is 6. The minimum atomic E-state index is -0.779. The van der Waals surface area contributed by atoms with Crippen LogP contribution in [0.3, 0.4) is 0 Å². The standard InChI is InChI=1S/C28H28ClN5O5/c1-3-19-17-22(29)18-24(35)25(19)34(39)26(36)21-8-6-20(7-9-21)23-5-4-10-32(27(23)37)14-11-31-12-15-33(16-13-31)28(38)30-2/h3-10,17-18,35,39H,1-2,11-16H2. The van der Waals surface area contributed by atoms with Gasteiger partial charge >= 0.3 is 6.03 Å². The van der Waals surface area contributed by atoms with E-state index in [4.69, 9.17) is 11.6 Å². The number of halogens is 1. The molecule has 2 aromatic carbocycles. The maximum atomic E-state index is 13.2. The van der Waals surface area contributed by atoms with E-state index in [1.165, 1.54) is 30.3 Å². The summed E-state index contributed by atoms with van der Waals surface area (Å²) >= 11 is 5.94. The molecule has 0 atom stereocenters.